The van der Waals surface area contributed by atoms with Crippen molar-refractivity contribution in [3.8, 4) is 0 Å². The highest BCUT2D eigenvalue weighted by Gasteiger charge is 2.28. The summed E-state index contributed by atoms with van der Waals surface area (Å²) in [6, 6.07) is 11.8. The average Bonchev–Trinajstić information content (AvgIpc) is 2.79. The SMILES string of the molecule is c1ccc(CCCN2CCCN3CCCC3C2)cc1. The normalized spacial score (nSPS) is 25.2. The number of aryl methyl sites for hydroxylation is 1. The molecule has 0 spiro atoms. The zero-order valence-corrected chi connectivity index (χ0v) is 11.9. The highest BCUT2D eigenvalue weighted by Crippen LogP contribution is 2.21. The predicted octanol–water partition coefficient (Wildman–Crippen LogP) is 2.79. The van der Waals surface area contributed by atoms with Gasteiger partial charge in [0.25, 0.3) is 0 Å². The molecule has 0 aromatic heterocycles. The first-order valence-electron chi connectivity index (χ1n) is 7.92. The minimum absolute atomic E-state index is 0.860. The van der Waals surface area contributed by atoms with Crippen LogP contribution < -0.4 is 0 Å². The fourth-order valence-corrected chi connectivity index (χ4v) is 3.64. The number of nitrogens with zero attached hydrogens (tertiary/aromatic N) is 2. The summed E-state index contributed by atoms with van der Waals surface area (Å²) < 4.78 is 0. The summed E-state index contributed by atoms with van der Waals surface area (Å²) in [5.41, 5.74) is 1.49. The van der Waals surface area contributed by atoms with Crippen molar-refractivity contribution in [2.24, 2.45) is 0 Å². The molecule has 2 nitrogen and oxygen atoms in total. The molecule has 2 saturated heterocycles. The van der Waals surface area contributed by atoms with Gasteiger partial charge in [-0.1, -0.05) is 30.3 Å². The number of hydrogen-bond donors (Lipinski definition) is 0. The third-order valence-corrected chi connectivity index (χ3v) is 4.67. The lowest BCUT2D eigenvalue weighted by molar-refractivity contribution is 0.219. The Hall–Kier alpha value is -0.860. The van der Waals surface area contributed by atoms with Crippen molar-refractivity contribution >= 4 is 0 Å². The smallest absolute Gasteiger partial charge is 0.0223 e. The Balaban J connectivity index is 1.44. The van der Waals surface area contributed by atoms with Gasteiger partial charge in [0.15, 0.2) is 0 Å². The average molecular weight is 258 g/mol. The summed E-state index contributed by atoms with van der Waals surface area (Å²) in [7, 11) is 0. The summed E-state index contributed by atoms with van der Waals surface area (Å²) in [5.74, 6) is 0. The molecule has 1 aromatic carbocycles. The minimum Gasteiger partial charge on any atom is -0.302 e. The minimum atomic E-state index is 0.860. The van der Waals surface area contributed by atoms with Gasteiger partial charge in [-0.25, -0.2) is 0 Å². The number of fused-ring (bicyclic) bond motifs is 1. The highest BCUT2D eigenvalue weighted by molar-refractivity contribution is 5.14. The Morgan fingerprint density at radius 1 is 1.00 bits per heavy atom. The predicted molar refractivity (Wildman–Crippen MR) is 80.4 cm³/mol. The first-order chi connectivity index (χ1) is 9.42. The summed E-state index contributed by atoms with van der Waals surface area (Å²) >= 11 is 0. The molecule has 2 heteroatoms. The highest BCUT2D eigenvalue weighted by atomic mass is 15.3. The second-order valence-electron chi connectivity index (χ2n) is 6.08. The van der Waals surface area contributed by atoms with Crippen molar-refractivity contribution < 1.29 is 0 Å². The van der Waals surface area contributed by atoms with Gasteiger partial charge in [-0.15, -0.1) is 0 Å². The topological polar surface area (TPSA) is 6.48 Å². The van der Waals surface area contributed by atoms with E-state index in [4.69, 9.17) is 0 Å². The van der Waals surface area contributed by atoms with Crippen molar-refractivity contribution in [2.45, 2.75) is 38.1 Å². The van der Waals surface area contributed by atoms with Gasteiger partial charge < -0.3 is 4.90 Å². The van der Waals surface area contributed by atoms with E-state index in [0.29, 0.717) is 0 Å². The molecule has 1 aromatic rings. The molecular weight excluding hydrogens is 232 g/mol. The molecule has 3 rings (SSSR count). The maximum Gasteiger partial charge on any atom is 0.0223 e. The molecule has 0 bridgehead atoms. The molecule has 104 valence electrons. The Labute approximate surface area is 117 Å². The van der Waals surface area contributed by atoms with Crippen molar-refractivity contribution in [3.63, 3.8) is 0 Å². The maximum atomic E-state index is 2.72. The van der Waals surface area contributed by atoms with Gasteiger partial charge in [0, 0.05) is 12.6 Å². The molecule has 2 fully saturated rings. The van der Waals surface area contributed by atoms with Crippen LogP contribution >= 0.6 is 0 Å². The molecule has 0 N–H and O–H groups in total. The van der Waals surface area contributed by atoms with Gasteiger partial charge in [0.2, 0.25) is 0 Å². The molecular formula is C17H26N2. The van der Waals surface area contributed by atoms with Gasteiger partial charge in [0.05, 0.1) is 0 Å². The van der Waals surface area contributed by atoms with E-state index in [2.05, 4.69) is 40.1 Å². The van der Waals surface area contributed by atoms with Crippen LogP contribution in [-0.2, 0) is 6.42 Å². The second kappa shape index (κ2) is 6.53. The third kappa shape index (κ3) is 3.58. The van der Waals surface area contributed by atoms with Crippen LogP contribution in [0.25, 0.3) is 0 Å². The Bertz CT molecular complexity index is 376. The van der Waals surface area contributed by atoms with Gasteiger partial charge >= 0.3 is 0 Å². The number of hydrogen-bond acceptors (Lipinski definition) is 2. The van der Waals surface area contributed by atoms with E-state index < -0.39 is 0 Å². The summed E-state index contributed by atoms with van der Waals surface area (Å²) in [5, 5.41) is 0. The standard InChI is InChI=1S/C17H26N2/c1-2-7-16(8-3-1)9-4-11-18-12-6-14-19-13-5-10-17(19)15-18/h1-3,7-8,17H,4-6,9-15H2. The van der Waals surface area contributed by atoms with Crippen molar-refractivity contribution in [3.05, 3.63) is 35.9 Å². The molecule has 2 aliphatic rings. The second-order valence-corrected chi connectivity index (χ2v) is 6.08. The van der Waals surface area contributed by atoms with E-state index in [1.54, 1.807) is 0 Å². The third-order valence-electron chi connectivity index (χ3n) is 4.67. The van der Waals surface area contributed by atoms with E-state index in [1.165, 1.54) is 70.4 Å². The zero-order chi connectivity index (χ0) is 12.9. The number of benzene rings is 1. The Morgan fingerprint density at radius 3 is 2.74 bits per heavy atom. The van der Waals surface area contributed by atoms with Gasteiger partial charge in [-0.3, -0.25) is 4.90 Å². The molecule has 2 heterocycles. The van der Waals surface area contributed by atoms with Crippen molar-refractivity contribution in [1.82, 2.24) is 9.80 Å². The quantitative estimate of drug-likeness (QED) is 0.819. The van der Waals surface area contributed by atoms with Crippen LogP contribution in [-0.4, -0.2) is 48.6 Å². The van der Waals surface area contributed by atoms with Crippen LogP contribution in [0.4, 0.5) is 0 Å². The lowest BCUT2D eigenvalue weighted by Gasteiger charge is -2.25. The number of rotatable bonds is 4. The van der Waals surface area contributed by atoms with Crippen LogP contribution in [0, 0.1) is 0 Å². The van der Waals surface area contributed by atoms with E-state index in [-0.39, 0.29) is 0 Å². The summed E-state index contributed by atoms with van der Waals surface area (Å²) in [4.78, 5) is 5.43. The Morgan fingerprint density at radius 2 is 1.84 bits per heavy atom. The van der Waals surface area contributed by atoms with E-state index >= 15 is 0 Å². The fraction of sp³-hybridized carbons (Fsp3) is 0.647. The van der Waals surface area contributed by atoms with Crippen LogP contribution in [0.2, 0.25) is 0 Å². The van der Waals surface area contributed by atoms with Crippen LogP contribution in [0.3, 0.4) is 0 Å². The van der Waals surface area contributed by atoms with Gasteiger partial charge in [0.1, 0.15) is 0 Å². The van der Waals surface area contributed by atoms with Crippen LogP contribution in [0.5, 0.6) is 0 Å². The largest absolute Gasteiger partial charge is 0.302 e. The summed E-state index contributed by atoms with van der Waals surface area (Å²) in [6.45, 7) is 6.58. The molecule has 2 aliphatic heterocycles. The zero-order valence-electron chi connectivity index (χ0n) is 11.9. The molecule has 0 saturated carbocycles. The molecule has 19 heavy (non-hydrogen) atoms. The lowest BCUT2D eigenvalue weighted by atomic mass is 10.1. The summed E-state index contributed by atoms with van der Waals surface area (Å²) in [6.07, 6.45) is 6.74. The molecule has 1 atom stereocenters. The maximum absolute atomic E-state index is 2.72. The molecule has 0 radical (unpaired) electrons. The fourth-order valence-electron chi connectivity index (χ4n) is 3.64. The van der Waals surface area contributed by atoms with Crippen molar-refractivity contribution in [1.29, 1.82) is 0 Å². The molecule has 0 aliphatic carbocycles. The van der Waals surface area contributed by atoms with Gasteiger partial charge in [-0.05, 0) is 63.8 Å². The Kier molecular flexibility index (Phi) is 4.52. The van der Waals surface area contributed by atoms with E-state index in [0.717, 1.165) is 6.04 Å². The lowest BCUT2D eigenvalue weighted by Crippen LogP contribution is -2.37. The van der Waals surface area contributed by atoms with Gasteiger partial charge in [-0.2, -0.15) is 0 Å². The van der Waals surface area contributed by atoms with Crippen molar-refractivity contribution in [2.75, 3.05) is 32.7 Å². The van der Waals surface area contributed by atoms with E-state index in [9.17, 15) is 0 Å². The first-order valence-corrected chi connectivity index (χ1v) is 7.92. The first kappa shape index (κ1) is 13.1. The van der Waals surface area contributed by atoms with E-state index in [1.807, 2.05) is 0 Å². The molecule has 1 unspecified atom stereocenters. The van der Waals surface area contributed by atoms with Crippen LogP contribution in [0.15, 0.2) is 30.3 Å². The monoisotopic (exact) mass is 258 g/mol. The van der Waals surface area contributed by atoms with Crippen LogP contribution in [0.1, 0.15) is 31.2 Å². The molecule has 0 amide bonds.